The molecule has 1 fully saturated rings. The number of nitrogens with zero attached hydrogens (tertiary/aromatic N) is 2. The molecule has 0 bridgehead atoms. The fourth-order valence-corrected chi connectivity index (χ4v) is 2.41. The number of piperazine rings is 1. The van der Waals surface area contributed by atoms with Gasteiger partial charge in [-0.3, -0.25) is 14.5 Å². The molecule has 3 amide bonds. The van der Waals surface area contributed by atoms with Crippen molar-refractivity contribution in [1.29, 1.82) is 0 Å². The van der Waals surface area contributed by atoms with E-state index in [0.717, 1.165) is 10.5 Å². The fraction of sp³-hybridized carbons (Fsp3) is 0.353. The third-order valence-corrected chi connectivity index (χ3v) is 3.68. The van der Waals surface area contributed by atoms with Crippen molar-refractivity contribution >= 4 is 24.3 Å². The molecule has 0 spiro atoms. The molecule has 1 aromatic carbocycles. The number of nitrogens with one attached hydrogen (secondary N) is 1. The average molecular weight is 314 g/mol. The monoisotopic (exact) mass is 314 g/mol. The van der Waals surface area contributed by atoms with Gasteiger partial charge in [-0.15, -0.1) is 0 Å². The van der Waals surface area contributed by atoms with E-state index < -0.39 is 11.9 Å². The fourth-order valence-electron chi connectivity index (χ4n) is 2.41. The summed E-state index contributed by atoms with van der Waals surface area (Å²) in [6.45, 7) is 3.37. The number of benzene rings is 1. The second-order valence-electron chi connectivity index (χ2n) is 5.34. The van der Waals surface area contributed by atoms with E-state index >= 15 is 0 Å². The lowest BCUT2D eigenvalue weighted by Crippen LogP contribution is -2.57. The number of carbonyl (C=O) groups excluding carboxylic acids is 3. The van der Waals surface area contributed by atoms with Crippen LogP contribution >= 0.6 is 0 Å². The highest BCUT2D eigenvalue weighted by atomic mass is 16.2. The second kappa shape index (κ2) is 8.24. The Labute approximate surface area is 135 Å². The Morgan fingerprint density at radius 3 is 2.78 bits per heavy atom. The first kappa shape index (κ1) is 16.9. The topological polar surface area (TPSA) is 69.7 Å². The van der Waals surface area contributed by atoms with Gasteiger partial charge in [0.1, 0.15) is 0 Å². The molecule has 0 aromatic heterocycles. The normalized spacial score (nSPS) is 18.0. The van der Waals surface area contributed by atoms with Crippen LogP contribution in [0.15, 0.2) is 36.4 Å². The van der Waals surface area contributed by atoms with Gasteiger partial charge in [-0.05, 0) is 18.6 Å². The number of hydrogen-bond donors (Lipinski definition) is 1. The molecule has 1 aliphatic rings. The Kier molecular flexibility index (Phi) is 6.05. The van der Waals surface area contributed by atoms with Crippen LogP contribution in [0.25, 0.3) is 6.08 Å². The molecular formula is C17H20N3O3. The zero-order valence-corrected chi connectivity index (χ0v) is 13.1. The van der Waals surface area contributed by atoms with E-state index in [2.05, 4.69) is 5.32 Å². The lowest BCUT2D eigenvalue weighted by Gasteiger charge is -2.36. The molecule has 23 heavy (non-hydrogen) atoms. The number of imide groups is 1. The lowest BCUT2D eigenvalue weighted by molar-refractivity contribution is -0.123. The van der Waals surface area contributed by atoms with Gasteiger partial charge in [0, 0.05) is 31.8 Å². The maximum absolute atomic E-state index is 12.5. The van der Waals surface area contributed by atoms with E-state index in [9.17, 15) is 14.4 Å². The predicted octanol–water partition coefficient (Wildman–Crippen LogP) is 1.05. The van der Waals surface area contributed by atoms with Gasteiger partial charge in [-0.2, -0.15) is 0 Å². The van der Waals surface area contributed by atoms with Crippen molar-refractivity contribution in [3.8, 4) is 0 Å². The van der Waals surface area contributed by atoms with Crippen molar-refractivity contribution in [3.05, 3.63) is 42.0 Å². The highest BCUT2D eigenvalue weighted by Crippen LogP contribution is 2.09. The van der Waals surface area contributed by atoms with Gasteiger partial charge in [0.2, 0.25) is 6.29 Å². The predicted molar refractivity (Wildman–Crippen MR) is 87.3 cm³/mol. The van der Waals surface area contributed by atoms with Crippen molar-refractivity contribution in [2.24, 2.45) is 0 Å². The molecule has 1 unspecified atom stereocenters. The highest BCUT2D eigenvalue weighted by Gasteiger charge is 2.29. The minimum atomic E-state index is -0.520. The molecule has 1 aromatic rings. The first-order valence-corrected chi connectivity index (χ1v) is 7.54. The highest BCUT2D eigenvalue weighted by molar-refractivity contribution is 6.03. The molecule has 6 heteroatoms. The van der Waals surface area contributed by atoms with Gasteiger partial charge >= 0.3 is 6.03 Å². The van der Waals surface area contributed by atoms with E-state index in [0.29, 0.717) is 19.6 Å². The van der Waals surface area contributed by atoms with Gasteiger partial charge < -0.3 is 10.2 Å². The first-order valence-electron chi connectivity index (χ1n) is 7.54. The molecule has 1 heterocycles. The van der Waals surface area contributed by atoms with E-state index in [-0.39, 0.29) is 12.6 Å². The smallest absolute Gasteiger partial charge is 0.319 e. The van der Waals surface area contributed by atoms with Crippen LogP contribution in [-0.2, 0) is 9.59 Å². The SMILES string of the molecule is CC1CNCCN1C(=O)N(C[C]=O)C(=O)/C=C/c1ccccc1. The molecular weight excluding hydrogens is 294 g/mol. The Hall–Kier alpha value is -2.47. The van der Waals surface area contributed by atoms with E-state index in [1.807, 2.05) is 37.3 Å². The van der Waals surface area contributed by atoms with Gasteiger partial charge in [0.25, 0.3) is 5.91 Å². The van der Waals surface area contributed by atoms with Crippen molar-refractivity contribution in [1.82, 2.24) is 15.1 Å². The molecule has 1 N–H and O–H groups in total. The molecule has 121 valence electrons. The molecule has 1 aliphatic heterocycles. The number of urea groups is 1. The first-order chi connectivity index (χ1) is 11.1. The standard InChI is InChI=1S/C17H20N3O3/c1-14-13-18-9-10-19(14)17(23)20(11-12-21)16(22)8-7-15-5-3-2-4-6-15/h2-8,14,18H,9-11,13H2,1H3/b8-7+. The van der Waals surface area contributed by atoms with Gasteiger partial charge in [-0.25, -0.2) is 4.79 Å². The average Bonchev–Trinajstić information content (AvgIpc) is 2.58. The third kappa shape index (κ3) is 4.50. The molecule has 0 aliphatic carbocycles. The van der Waals surface area contributed by atoms with E-state index in [1.165, 1.54) is 6.08 Å². The summed E-state index contributed by atoms with van der Waals surface area (Å²) in [5.74, 6) is -0.520. The molecule has 1 saturated heterocycles. The summed E-state index contributed by atoms with van der Waals surface area (Å²) in [7, 11) is 0. The summed E-state index contributed by atoms with van der Waals surface area (Å²) in [4.78, 5) is 38.1. The van der Waals surface area contributed by atoms with Gasteiger partial charge in [-0.1, -0.05) is 30.3 Å². The molecule has 1 atom stereocenters. The van der Waals surface area contributed by atoms with Crippen LogP contribution in [0, 0.1) is 0 Å². The summed E-state index contributed by atoms with van der Waals surface area (Å²) in [5, 5.41) is 3.18. The van der Waals surface area contributed by atoms with Crippen LogP contribution in [0.2, 0.25) is 0 Å². The van der Waals surface area contributed by atoms with Crippen LogP contribution in [0.3, 0.4) is 0 Å². The van der Waals surface area contributed by atoms with Crippen LogP contribution < -0.4 is 5.32 Å². The number of rotatable bonds is 4. The van der Waals surface area contributed by atoms with Crippen LogP contribution in [-0.4, -0.2) is 60.2 Å². The zero-order valence-electron chi connectivity index (χ0n) is 13.1. The Morgan fingerprint density at radius 2 is 2.13 bits per heavy atom. The molecule has 6 nitrogen and oxygen atoms in total. The summed E-state index contributed by atoms with van der Waals surface area (Å²) in [6, 6.07) is 8.80. The minimum Gasteiger partial charge on any atom is -0.319 e. The van der Waals surface area contributed by atoms with Crippen molar-refractivity contribution in [3.63, 3.8) is 0 Å². The molecule has 1 radical (unpaired) electrons. The van der Waals surface area contributed by atoms with Gasteiger partial charge in [0.15, 0.2) is 0 Å². The van der Waals surface area contributed by atoms with Crippen molar-refractivity contribution in [2.45, 2.75) is 13.0 Å². The Morgan fingerprint density at radius 1 is 1.39 bits per heavy atom. The van der Waals surface area contributed by atoms with Crippen molar-refractivity contribution < 1.29 is 14.4 Å². The summed E-state index contributed by atoms with van der Waals surface area (Å²) in [5.41, 5.74) is 0.846. The summed E-state index contributed by atoms with van der Waals surface area (Å²) in [6.07, 6.45) is 4.56. The summed E-state index contributed by atoms with van der Waals surface area (Å²) < 4.78 is 0. The number of hydrogen-bond acceptors (Lipinski definition) is 4. The second-order valence-corrected chi connectivity index (χ2v) is 5.34. The van der Waals surface area contributed by atoms with Crippen LogP contribution in [0.1, 0.15) is 12.5 Å². The quantitative estimate of drug-likeness (QED) is 0.844. The summed E-state index contributed by atoms with van der Waals surface area (Å²) >= 11 is 0. The zero-order chi connectivity index (χ0) is 16.7. The van der Waals surface area contributed by atoms with Crippen molar-refractivity contribution in [2.75, 3.05) is 26.2 Å². The van der Waals surface area contributed by atoms with E-state index in [1.54, 1.807) is 17.3 Å². The lowest BCUT2D eigenvalue weighted by atomic mass is 10.2. The molecule has 2 rings (SSSR count). The van der Waals surface area contributed by atoms with Crippen LogP contribution in [0.5, 0.6) is 0 Å². The van der Waals surface area contributed by atoms with Crippen LogP contribution in [0.4, 0.5) is 4.79 Å². The largest absolute Gasteiger partial charge is 0.327 e. The number of amides is 3. The third-order valence-electron chi connectivity index (χ3n) is 3.68. The minimum absolute atomic E-state index is 0.0312. The number of carbonyl (C=O) groups is 2. The Balaban J connectivity index is 2.10. The maximum Gasteiger partial charge on any atom is 0.327 e. The maximum atomic E-state index is 12.5. The Bertz CT molecular complexity index is 586. The van der Waals surface area contributed by atoms with Gasteiger partial charge in [0.05, 0.1) is 6.54 Å². The van der Waals surface area contributed by atoms with E-state index in [4.69, 9.17) is 0 Å². The molecule has 0 saturated carbocycles.